The van der Waals surface area contributed by atoms with Crippen LogP contribution in [0.1, 0.15) is 63.9 Å². The molecule has 1 unspecified atom stereocenters. The maximum absolute atomic E-state index is 14.1. The first-order valence-electron chi connectivity index (χ1n) is 16.2. The van der Waals surface area contributed by atoms with Crippen molar-refractivity contribution < 1.29 is 18.3 Å². The van der Waals surface area contributed by atoms with Gasteiger partial charge in [0.2, 0.25) is 5.36 Å². The number of likely N-dealkylation sites (N-methyl/N-ethyl adjacent to an activating group) is 1. The second kappa shape index (κ2) is 16.3. The van der Waals surface area contributed by atoms with Crippen LogP contribution in [0.2, 0.25) is 0 Å². The first-order valence-corrected chi connectivity index (χ1v) is 17.3. The summed E-state index contributed by atoms with van der Waals surface area (Å²) in [5, 5.41) is 11.1. The van der Waals surface area contributed by atoms with E-state index in [0.717, 1.165) is 57.4 Å². The number of carbonyl (C=O) groups excluding carboxylic acids is 1. The first kappa shape index (κ1) is 35.3. The van der Waals surface area contributed by atoms with Crippen LogP contribution < -0.4 is 9.93 Å². The van der Waals surface area contributed by atoms with Gasteiger partial charge in [0.25, 0.3) is 14.4 Å². The summed E-state index contributed by atoms with van der Waals surface area (Å²) in [6, 6.07) is 22.9. The smallest absolute Gasteiger partial charge is 0.259 e. The molecule has 46 heavy (non-hydrogen) atoms. The molecule has 0 aromatic heterocycles. The van der Waals surface area contributed by atoms with Crippen molar-refractivity contribution in [2.75, 3.05) is 39.9 Å². The number of carbonyl (C=O) groups is 1. The van der Waals surface area contributed by atoms with Crippen LogP contribution in [0.25, 0.3) is 33.4 Å². The Balaban J connectivity index is 1.69. The van der Waals surface area contributed by atoms with Crippen LogP contribution in [-0.4, -0.2) is 67.5 Å². The number of nitrogens with zero attached hydrogens (tertiary/aromatic N) is 4. The third-order valence-corrected chi connectivity index (χ3v) is 10.2. The van der Waals surface area contributed by atoms with E-state index >= 15 is 0 Å². The number of fused-ring (bicyclic) bond motifs is 2. The van der Waals surface area contributed by atoms with Gasteiger partial charge in [-0.2, -0.15) is 5.26 Å². The average molecular weight is 644 g/mol. The van der Waals surface area contributed by atoms with Gasteiger partial charge in [0, 0.05) is 53.8 Å². The van der Waals surface area contributed by atoms with Crippen LogP contribution >= 0.6 is 8.53 Å². The lowest BCUT2D eigenvalue weighted by atomic mass is 9.90. The fourth-order valence-corrected chi connectivity index (χ4v) is 7.41. The van der Waals surface area contributed by atoms with Crippen LogP contribution in [-0.2, 0) is 9.05 Å². The molecule has 0 spiro atoms. The molecule has 2 aromatic rings. The monoisotopic (exact) mass is 643 g/mol. The van der Waals surface area contributed by atoms with Crippen LogP contribution in [0, 0.1) is 18.3 Å². The minimum Gasteiger partial charge on any atom is -0.456 e. The quantitative estimate of drug-likeness (QED) is 0.0607. The Hall–Kier alpha value is -3.60. The molecule has 0 N–H and O–H groups in total. The van der Waals surface area contributed by atoms with Gasteiger partial charge in [0.15, 0.2) is 0 Å². The standard InChI is InChI=1S/C37H48N4O4P/c1-9-40(10-2)29-17-19-33-35(25-29)45-34-24-28(7)16-18-32(34)36(33)30-14-11-12-15-31(30)37(42)39(8)21-23-44-46(43-22-13-20-38)41(26(3)4)27(5)6/h11-12,14-19,24-27H,9-10,13,21-23H2,1-8H3/q+1. The summed E-state index contributed by atoms with van der Waals surface area (Å²) in [4.78, 5) is 15.8. The topological polar surface area (TPSA) is 81.9 Å². The van der Waals surface area contributed by atoms with Gasteiger partial charge in [0.05, 0.1) is 31.8 Å². The van der Waals surface area contributed by atoms with Gasteiger partial charge in [-0.25, -0.2) is 9.25 Å². The fourth-order valence-electron chi connectivity index (χ4n) is 5.83. The van der Waals surface area contributed by atoms with E-state index in [9.17, 15) is 4.79 Å². The van der Waals surface area contributed by atoms with E-state index < -0.39 is 8.53 Å². The molecule has 1 aliphatic heterocycles. The molecule has 244 valence electrons. The lowest BCUT2D eigenvalue weighted by Crippen LogP contribution is -2.35. The van der Waals surface area contributed by atoms with E-state index in [2.05, 4.69) is 100 Å². The third-order valence-electron chi connectivity index (χ3n) is 8.05. The number of hydrogen-bond acceptors (Lipinski definition) is 6. The van der Waals surface area contributed by atoms with Crippen LogP contribution in [0.15, 0.2) is 65.1 Å². The SMILES string of the molecule is CC[N+](CC)=c1ccc2c(-c3ccccc3C(=O)N(C)CCOP(OCCC#N)N(C(C)C)C(C)C)c3ccc(C)cc3oc-2c1. The van der Waals surface area contributed by atoms with E-state index in [1.54, 1.807) is 11.9 Å². The van der Waals surface area contributed by atoms with E-state index in [-0.39, 0.29) is 18.0 Å². The predicted octanol–water partition coefficient (Wildman–Crippen LogP) is 7.69. The lowest BCUT2D eigenvalue weighted by Gasteiger charge is -2.35. The van der Waals surface area contributed by atoms with E-state index in [1.165, 1.54) is 0 Å². The Kier molecular flexibility index (Phi) is 12.5. The second-order valence-corrected chi connectivity index (χ2v) is 13.4. The van der Waals surface area contributed by atoms with Crippen molar-refractivity contribution in [3.8, 4) is 28.5 Å². The molecular formula is C37H48N4O4P+. The fraction of sp³-hybridized carbons (Fsp3) is 0.432. The van der Waals surface area contributed by atoms with Crippen molar-refractivity contribution in [2.24, 2.45) is 0 Å². The Bertz CT molecular complexity index is 1710. The van der Waals surface area contributed by atoms with Gasteiger partial charge in [-0.3, -0.25) is 4.79 Å². The number of aryl methyl sites for hydroxylation is 1. The molecule has 1 amide bonds. The molecule has 1 atom stereocenters. The Morgan fingerprint density at radius 3 is 2.33 bits per heavy atom. The molecule has 0 saturated heterocycles. The van der Waals surface area contributed by atoms with Gasteiger partial charge in [0.1, 0.15) is 24.4 Å². The molecule has 0 fully saturated rings. The van der Waals surface area contributed by atoms with E-state index in [0.29, 0.717) is 31.7 Å². The van der Waals surface area contributed by atoms with Crippen LogP contribution in [0.4, 0.5) is 0 Å². The molecule has 1 aliphatic carbocycles. The summed E-state index contributed by atoms with van der Waals surface area (Å²) in [7, 11) is 0.422. The summed E-state index contributed by atoms with van der Waals surface area (Å²) >= 11 is 0. The van der Waals surface area contributed by atoms with Crippen LogP contribution in [0.5, 0.6) is 0 Å². The zero-order valence-corrected chi connectivity index (χ0v) is 29.4. The normalized spacial score (nSPS) is 12.3. The highest BCUT2D eigenvalue weighted by Gasteiger charge is 2.28. The summed E-state index contributed by atoms with van der Waals surface area (Å²) < 4.78 is 23.3. The second-order valence-electron chi connectivity index (χ2n) is 12.0. The van der Waals surface area contributed by atoms with Crippen molar-refractivity contribution in [2.45, 2.75) is 67.0 Å². The molecular weight excluding hydrogens is 595 g/mol. The molecule has 2 aliphatic rings. The summed E-state index contributed by atoms with van der Waals surface area (Å²) in [6.45, 7) is 17.6. The van der Waals surface area contributed by atoms with Crippen molar-refractivity contribution in [3.05, 3.63) is 77.1 Å². The minimum absolute atomic E-state index is 0.0903. The van der Waals surface area contributed by atoms with Crippen LogP contribution in [0.3, 0.4) is 0 Å². The van der Waals surface area contributed by atoms with Crippen molar-refractivity contribution in [1.29, 1.82) is 5.26 Å². The van der Waals surface area contributed by atoms with Crippen molar-refractivity contribution >= 4 is 25.4 Å². The summed E-state index contributed by atoms with van der Waals surface area (Å²) in [5.41, 5.74) is 5.31. The number of benzene rings is 3. The molecule has 8 nitrogen and oxygen atoms in total. The largest absolute Gasteiger partial charge is 0.456 e. The van der Waals surface area contributed by atoms with Crippen molar-refractivity contribution in [3.63, 3.8) is 0 Å². The first-order chi connectivity index (χ1) is 22.1. The average Bonchev–Trinajstić information content (AvgIpc) is 3.03. The number of rotatable bonds is 14. The minimum atomic E-state index is -1.38. The Morgan fingerprint density at radius 1 is 0.957 bits per heavy atom. The summed E-state index contributed by atoms with van der Waals surface area (Å²) in [5.74, 6) is 0.693. The van der Waals surface area contributed by atoms with Gasteiger partial charge in [-0.1, -0.05) is 30.3 Å². The van der Waals surface area contributed by atoms with Gasteiger partial charge in [-0.05, 0) is 77.8 Å². The molecule has 0 saturated carbocycles. The predicted molar refractivity (Wildman–Crippen MR) is 187 cm³/mol. The van der Waals surface area contributed by atoms with Gasteiger partial charge >= 0.3 is 0 Å². The molecule has 0 bridgehead atoms. The summed E-state index contributed by atoms with van der Waals surface area (Å²) in [6.07, 6.45) is 0.299. The van der Waals surface area contributed by atoms with Gasteiger partial charge in [-0.15, -0.1) is 0 Å². The Morgan fingerprint density at radius 2 is 1.65 bits per heavy atom. The maximum Gasteiger partial charge on any atom is 0.259 e. The van der Waals surface area contributed by atoms with Crippen molar-refractivity contribution in [1.82, 2.24) is 14.1 Å². The number of hydrogen-bond donors (Lipinski definition) is 0. The van der Waals surface area contributed by atoms with E-state index in [4.69, 9.17) is 18.7 Å². The number of nitriles is 1. The van der Waals surface area contributed by atoms with Gasteiger partial charge < -0.3 is 18.4 Å². The highest BCUT2D eigenvalue weighted by molar-refractivity contribution is 7.44. The van der Waals surface area contributed by atoms with E-state index in [1.807, 2.05) is 24.3 Å². The zero-order valence-electron chi connectivity index (χ0n) is 28.5. The molecule has 2 aromatic carbocycles. The zero-order chi connectivity index (χ0) is 33.4. The Labute approximate surface area is 275 Å². The molecule has 1 heterocycles. The molecule has 0 radical (unpaired) electrons. The highest BCUT2D eigenvalue weighted by Crippen LogP contribution is 2.46. The molecule has 9 heteroatoms. The number of amides is 1. The molecule has 4 rings (SSSR count). The third kappa shape index (κ3) is 8.03. The lowest BCUT2D eigenvalue weighted by molar-refractivity contribution is 0.0764. The highest BCUT2D eigenvalue weighted by atomic mass is 31.2. The maximum atomic E-state index is 14.1.